The van der Waals surface area contributed by atoms with Gasteiger partial charge in [0.1, 0.15) is 0 Å². The van der Waals surface area contributed by atoms with Crippen LogP contribution in [0.25, 0.3) is 10.8 Å². The molecule has 0 aliphatic rings. The van der Waals surface area contributed by atoms with Crippen molar-refractivity contribution in [1.82, 2.24) is 5.32 Å². The first-order valence-electron chi connectivity index (χ1n) is 8.54. The summed E-state index contributed by atoms with van der Waals surface area (Å²) in [5.74, 6) is -0.171. The molecule has 1 unspecified atom stereocenters. The summed E-state index contributed by atoms with van der Waals surface area (Å²) in [6, 6.07) is 23.3. The number of carbonyl (C=O) groups is 1. The molecule has 3 aromatic carbocycles. The topological polar surface area (TPSA) is 73.1 Å². The van der Waals surface area contributed by atoms with Crippen LogP contribution in [0.15, 0.2) is 66.7 Å². The van der Waals surface area contributed by atoms with Gasteiger partial charge in [-0.15, -0.1) is 0 Å². The molecule has 3 aromatic rings. The van der Waals surface area contributed by atoms with Gasteiger partial charge in [0.25, 0.3) is 0 Å². The van der Waals surface area contributed by atoms with Crippen molar-refractivity contribution < 1.29 is 9.90 Å². The summed E-state index contributed by atoms with van der Waals surface area (Å²) in [4.78, 5) is 12.2. The highest BCUT2D eigenvalue weighted by Crippen LogP contribution is 2.20. The maximum Gasteiger partial charge on any atom is 0.224 e. The predicted molar refractivity (Wildman–Crippen MR) is 101 cm³/mol. The third kappa shape index (κ3) is 4.27. The van der Waals surface area contributed by atoms with Crippen LogP contribution in [-0.4, -0.2) is 17.6 Å². The lowest BCUT2D eigenvalue weighted by Crippen LogP contribution is -2.29. The van der Waals surface area contributed by atoms with E-state index in [0.29, 0.717) is 0 Å². The predicted octanol–water partition coefficient (Wildman–Crippen LogP) is 3.30. The first-order valence-corrected chi connectivity index (χ1v) is 8.54. The van der Waals surface area contributed by atoms with Crippen LogP contribution in [0.5, 0.6) is 0 Å². The number of hydrogen-bond donors (Lipinski definition) is 2. The molecule has 0 bridgehead atoms. The number of aliphatic hydroxyl groups excluding tert-OH is 1. The molecule has 0 radical (unpaired) electrons. The van der Waals surface area contributed by atoms with Crippen LogP contribution in [0.1, 0.15) is 22.8 Å². The van der Waals surface area contributed by atoms with Gasteiger partial charge in [-0.1, -0.05) is 60.7 Å². The van der Waals surface area contributed by atoms with Crippen LogP contribution >= 0.6 is 0 Å². The van der Waals surface area contributed by atoms with Gasteiger partial charge in [-0.05, 0) is 33.5 Å². The second kappa shape index (κ2) is 8.28. The average Bonchev–Trinajstić information content (AvgIpc) is 2.67. The zero-order valence-electron chi connectivity index (χ0n) is 14.4. The normalized spacial score (nSPS) is 11.7. The molecule has 0 aliphatic heterocycles. The Balaban J connectivity index is 1.61. The molecule has 3 rings (SSSR count). The first-order chi connectivity index (χ1) is 12.7. The summed E-state index contributed by atoms with van der Waals surface area (Å²) >= 11 is 0. The van der Waals surface area contributed by atoms with Crippen molar-refractivity contribution in [1.29, 1.82) is 5.26 Å². The maximum atomic E-state index is 12.2. The molecule has 0 heterocycles. The minimum Gasteiger partial charge on any atom is -0.387 e. The Bertz CT molecular complexity index is 960. The van der Waals surface area contributed by atoms with Gasteiger partial charge in [-0.3, -0.25) is 4.79 Å². The lowest BCUT2D eigenvalue weighted by atomic mass is 10.0. The molecule has 26 heavy (non-hydrogen) atoms. The molecule has 1 atom stereocenters. The number of nitriles is 1. The van der Waals surface area contributed by atoms with E-state index in [-0.39, 0.29) is 25.3 Å². The van der Waals surface area contributed by atoms with E-state index in [9.17, 15) is 9.90 Å². The zero-order chi connectivity index (χ0) is 18.4. The Hall–Kier alpha value is -3.16. The lowest BCUT2D eigenvalue weighted by Gasteiger charge is -2.14. The van der Waals surface area contributed by atoms with Crippen LogP contribution in [0.2, 0.25) is 0 Å². The van der Waals surface area contributed by atoms with Crippen molar-refractivity contribution in [3.63, 3.8) is 0 Å². The number of nitrogens with one attached hydrogen (secondary N) is 1. The van der Waals surface area contributed by atoms with Gasteiger partial charge >= 0.3 is 0 Å². The van der Waals surface area contributed by atoms with Crippen LogP contribution in [-0.2, 0) is 17.6 Å². The van der Waals surface area contributed by atoms with Gasteiger partial charge in [0.05, 0.1) is 25.0 Å². The minimum absolute atomic E-state index is 0.150. The molecule has 0 aromatic heterocycles. The number of carbonyl (C=O) groups excluding carboxylic acids is 1. The van der Waals surface area contributed by atoms with Gasteiger partial charge < -0.3 is 10.4 Å². The molecule has 0 saturated carbocycles. The molecular formula is C22H20N2O2. The summed E-state index contributed by atoms with van der Waals surface area (Å²) in [6.07, 6.45) is -0.288. The number of benzene rings is 3. The van der Waals surface area contributed by atoms with Gasteiger partial charge in [-0.2, -0.15) is 5.26 Å². The summed E-state index contributed by atoms with van der Waals surface area (Å²) in [5, 5.41) is 24.2. The van der Waals surface area contributed by atoms with E-state index in [4.69, 9.17) is 5.26 Å². The summed E-state index contributed by atoms with van der Waals surface area (Å²) in [6.45, 7) is 0.150. The number of fused-ring (bicyclic) bond motifs is 1. The quantitative estimate of drug-likeness (QED) is 0.720. The van der Waals surface area contributed by atoms with Gasteiger partial charge in [0, 0.05) is 6.54 Å². The summed E-state index contributed by atoms with van der Waals surface area (Å²) in [5.41, 5.74) is 2.47. The van der Waals surface area contributed by atoms with Crippen molar-refractivity contribution in [2.24, 2.45) is 0 Å². The second-order valence-corrected chi connectivity index (χ2v) is 6.21. The Kier molecular flexibility index (Phi) is 5.62. The molecule has 0 aliphatic carbocycles. The Morgan fingerprint density at radius 3 is 2.46 bits per heavy atom. The number of rotatable bonds is 6. The standard InChI is InChI=1S/C22H20N2O2/c23-12-11-17-6-2-4-8-19(17)14-22(26)24-15-21(25)20-10-9-16-5-1-3-7-18(16)13-20/h1-10,13,21,25H,11,14-15H2,(H,24,26). The van der Waals surface area contributed by atoms with Crippen LogP contribution in [0, 0.1) is 11.3 Å². The van der Waals surface area contributed by atoms with Crippen molar-refractivity contribution in [3.8, 4) is 6.07 Å². The fourth-order valence-corrected chi connectivity index (χ4v) is 2.97. The smallest absolute Gasteiger partial charge is 0.224 e. The molecule has 1 amide bonds. The molecule has 2 N–H and O–H groups in total. The highest BCUT2D eigenvalue weighted by molar-refractivity contribution is 5.83. The number of nitrogens with zero attached hydrogens (tertiary/aromatic N) is 1. The van der Waals surface area contributed by atoms with Crippen molar-refractivity contribution in [2.45, 2.75) is 18.9 Å². The lowest BCUT2D eigenvalue weighted by molar-refractivity contribution is -0.120. The van der Waals surface area contributed by atoms with E-state index in [2.05, 4.69) is 11.4 Å². The van der Waals surface area contributed by atoms with Gasteiger partial charge in [0.2, 0.25) is 5.91 Å². The van der Waals surface area contributed by atoms with E-state index in [1.807, 2.05) is 66.7 Å². The number of aliphatic hydroxyl groups is 1. The molecule has 0 fully saturated rings. The molecule has 0 saturated heterocycles. The van der Waals surface area contributed by atoms with Crippen molar-refractivity contribution >= 4 is 16.7 Å². The largest absolute Gasteiger partial charge is 0.387 e. The van der Waals surface area contributed by atoms with E-state index >= 15 is 0 Å². The van der Waals surface area contributed by atoms with E-state index in [0.717, 1.165) is 27.5 Å². The van der Waals surface area contributed by atoms with Gasteiger partial charge in [-0.25, -0.2) is 0 Å². The molecule has 4 heteroatoms. The van der Waals surface area contributed by atoms with E-state index < -0.39 is 6.10 Å². The fourth-order valence-electron chi connectivity index (χ4n) is 2.97. The monoisotopic (exact) mass is 344 g/mol. The van der Waals surface area contributed by atoms with Gasteiger partial charge in [0.15, 0.2) is 0 Å². The Labute approximate surface area is 152 Å². The third-order valence-corrected chi connectivity index (χ3v) is 4.39. The third-order valence-electron chi connectivity index (χ3n) is 4.39. The maximum absolute atomic E-state index is 12.2. The highest BCUT2D eigenvalue weighted by atomic mass is 16.3. The highest BCUT2D eigenvalue weighted by Gasteiger charge is 2.12. The fraction of sp³-hybridized carbons (Fsp3) is 0.182. The molecular weight excluding hydrogens is 324 g/mol. The number of amides is 1. The van der Waals surface area contributed by atoms with E-state index in [1.54, 1.807) is 0 Å². The SMILES string of the molecule is N#CCc1ccccc1CC(=O)NCC(O)c1ccc2ccccc2c1. The average molecular weight is 344 g/mol. The van der Waals surface area contributed by atoms with Crippen LogP contribution in [0.4, 0.5) is 0 Å². The second-order valence-electron chi connectivity index (χ2n) is 6.21. The van der Waals surface area contributed by atoms with Crippen molar-refractivity contribution in [3.05, 3.63) is 83.4 Å². The van der Waals surface area contributed by atoms with E-state index in [1.165, 1.54) is 0 Å². The summed E-state index contributed by atoms with van der Waals surface area (Å²) in [7, 11) is 0. The molecule has 4 nitrogen and oxygen atoms in total. The molecule has 130 valence electrons. The first kappa shape index (κ1) is 17.7. The zero-order valence-corrected chi connectivity index (χ0v) is 14.4. The minimum atomic E-state index is -0.766. The Morgan fingerprint density at radius 1 is 1.00 bits per heavy atom. The van der Waals surface area contributed by atoms with Crippen LogP contribution in [0.3, 0.4) is 0 Å². The Morgan fingerprint density at radius 2 is 1.69 bits per heavy atom. The van der Waals surface area contributed by atoms with Crippen LogP contribution < -0.4 is 5.32 Å². The molecule has 0 spiro atoms. The van der Waals surface area contributed by atoms with Crippen molar-refractivity contribution in [2.75, 3.05) is 6.54 Å². The number of hydrogen-bond acceptors (Lipinski definition) is 3. The summed E-state index contributed by atoms with van der Waals surface area (Å²) < 4.78 is 0.